The van der Waals surface area contributed by atoms with Crippen LogP contribution >= 0.6 is 11.6 Å². The average Bonchev–Trinajstić information content (AvgIpc) is 2.29. The fourth-order valence-corrected chi connectivity index (χ4v) is 1.50. The molecule has 0 aliphatic heterocycles. The monoisotopic (exact) mass is 269 g/mol. The van der Waals surface area contributed by atoms with Crippen LogP contribution in [0, 0.1) is 5.41 Å². The first-order chi connectivity index (χ1) is 8.41. The highest BCUT2D eigenvalue weighted by Crippen LogP contribution is 2.15. The van der Waals surface area contributed by atoms with Gasteiger partial charge in [-0.1, -0.05) is 29.8 Å². The lowest BCUT2D eigenvalue weighted by molar-refractivity contribution is -0.152. The van der Waals surface area contributed by atoms with Crippen molar-refractivity contribution in [3.05, 3.63) is 34.9 Å². The second-order valence-corrected chi connectivity index (χ2v) is 5.56. The van der Waals surface area contributed by atoms with Gasteiger partial charge in [0.25, 0.3) is 0 Å². The number of halogens is 1. The van der Waals surface area contributed by atoms with E-state index in [1.807, 2.05) is 45.0 Å². The van der Waals surface area contributed by atoms with E-state index in [1.54, 1.807) is 0 Å². The molecule has 0 saturated carbocycles. The predicted octanol–water partition coefficient (Wildman–Crippen LogP) is 3.02. The Bertz CT molecular complexity index is 399. The normalized spacial score (nSPS) is 11.3. The minimum Gasteiger partial charge on any atom is -0.464 e. The molecule has 0 atom stereocenters. The maximum absolute atomic E-state index is 11.5. The zero-order valence-corrected chi connectivity index (χ0v) is 11.9. The summed E-state index contributed by atoms with van der Waals surface area (Å²) >= 11 is 6.02. The largest absolute Gasteiger partial charge is 0.464 e. The van der Waals surface area contributed by atoms with Gasteiger partial charge in [-0.3, -0.25) is 4.79 Å². The van der Waals surface area contributed by atoms with Crippen molar-refractivity contribution in [3.8, 4) is 0 Å². The molecule has 0 saturated heterocycles. The summed E-state index contributed by atoms with van der Waals surface area (Å²) in [7, 11) is 0. The number of carbonyl (C=O) groups is 1. The number of benzene rings is 1. The topological polar surface area (TPSA) is 38.3 Å². The number of rotatable bonds is 5. The zero-order chi connectivity index (χ0) is 13.6. The van der Waals surface area contributed by atoms with E-state index in [4.69, 9.17) is 16.3 Å². The van der Waals surface area contributed by atoms with Crippen LogP contribution in [0.4, 0.5) is 0 Å². The van der Waals surface area contributed by atoms with Gasteiger partial charge < -0.3 is 10.1 Å². The Hall–Kier alpha value is -1.06. The van der Waals surface area contributed by atoms with Gasteiger partial charge >= 0.3 is 5.97 Å². The number of ether oxygens (including phenoxy) is 1. The number of nitrogens with one attached hydrogen (secondary N) is 1. The first-order valence-electron chi connectivity index (χ1n) is 6.02. The average molecular weight is 270 g/mol. The lowest BCUT2D eigenvalue weighted by Crippen LogP contribution is -2.27. The third kappa shape index (κ3) is 5.07. The molecule has 4 heteroatoms. The van der Waals surface area contributed by atoms with E-state index in [-0.39, 0.29) is 5.97 Å². The van der Waals surface area contributed by atoms with Crippen molar-refractivity contribution in [2.45, 2.75) is 27.3 Å². The highest BCUT2D eigenvalue weighted by Gasteiger charge is 2.22. The van der Waals surface area contributed by atoms with Gasteiger partial charge in [-0.25, -0.2) is 0 Å². The molecule has 0 amide bonds. The van der Waals surface area contributed by atoms with E-state index in [1.165, 1.54) is 0 Å². The van der Waals surface area contributed by atoms with Crippen LogP contribution in [0.3, 0.4) is 0 Å². The van der Waals surface area contributed by atoms with Gasteiger partial charge in [0.15, 0.2) is 0 Å². The van der Waals surface area contributed by atoms with E-state index >= 15 is 0 Å². The number of esters is 1. The molecular formula is C14H20ClNO2. The molecule has 0 bridgehead atoms. The molecule has 0 spiro atoms. The van der Waals surface area contributed by atoms with Crippen LogP contribution in [0.25, 0.3) is 0 Å². The van der Waals surface area contributed by atoms with Crippen molar-refractivity contribution < 1.29 is 9.53 Å². The van der Waals surface area contributed by atoms with Crippen LogP contribution < -0.4 is 5.32 Å². The Morgan fingerprint density at radius 3 is 2.61 bits per heavy atom. The summed E-state index contributed by atoms with van der Waals surface area (Å²) in [6, 6.07) is 7.67. The summed E-state index contributed by atoms with van der Waals surface area (Å²) in [6.45, 7) is 7.19. The van der Waals surface area contributed by atoms with Crippen LogP contribution in [-0.4, -0.2) is 19.1 Å². The number of hydrogen-bond acceptors (Lipinski definition) is 3. The summed E-state index contributed by atoms with van der Waals surface area (Å²) in [4.78, 5) is 11.5. The van der Waals surface area contributed by atoms with Gasteiger partial charge in [-0.05, 0) is 32.4 Å². The minimum atomic E-state index is -0.442. The first kappa shape index (κ1) is 15.0. The Balaban J connectivity index is 2.20. The third-order valence-corrected chi connectivity index (χ3v) is 2.77. The SMILES string of the molecule is CC(C)(C)C(=O)OCCNCc1ccccc1Cl. The van der Waals surface area contributed by atoms with Gasteiger partial charge in [0, 0.05) is 18.1 Å². The number of hydrogen-bond donors (Lipinski definition) is 1. The molecule has 0 fully saturated rings. The highest BCUT2D eigenvalue weighted by atomic mass is 35.5. The van der Waals surface area contributed by atoms with Gasteiger partial charge in [0.2, 0.25) is 0 Å². The van der Waals surface area contributed by atoms with Crippen LogP contribution in [0.1, 0.15) is 26.3 Å². The van der Waals surface area contributed by atoms with E-state index in [2.05, 4.69) is 5.32 Å². The lowest BCUT2D eigenvalue weighted by Gasteiger charge is -2.16. The second kappa shape index (κ2) is 6.76. The molecule has 1 rings (SSSR count). The van der Waals surface area contributed by atoms with E-state index in [9.17, 15) is 4.79 Å². The van der Waals surface area contributed by atoms with Crippen molar-refractivity contribution in [2.24, 2.45) is 5.41 Å². The molecule has 0 radical (unpaired) electrons. The minimum absolute atomic E-state index is 0.179. The van der Waals surface area contributed by atoms with E-state index in [0.29, 0.717) is 19.7 Å². The van der Waals surface area contributed by atoms with Crippen LogP contribution in [0.15, 0.2) is 24.3 Å². The summed E-state index contributed by atoms with van der Waals surface area (Å²) in [5.74, 6) is -0.179. The third-order valence-electron chi connectivity index (χ3n) is 2.40. The Morgan fingerprint density at radius 2 is 2.00 bits per heavy atom. The Kier molecular flexibility index (Phi) is 5.63. The molecule has 1 aromatic carbocycles. The molecule has 0 unspecified atom stereocenters. The lowest BCUT2D eigenvalue weighted by atomic mass is 9.97. The van der Waals surface area contributed by atoms with Gasteiger partial charge in [0.05, 0.1) is 5.41 Å². The van der Waals surface area contributed by atoms with Gasteiger partial charge in [0.1, 0.15) is 6.61 Å². The summed E-state index contributed by atoms with van der Waals surface area (Å²) in [5, 5.41) is 3.93. The summed E-state index contributed by atoms with van der Waals surface area (Å²) in [6.07, 6.45) is 0. The summed E-state index contributed by atoms with van der Waals surface area (Å²) < 4.78 is 5.14. The standard InChI is InChI=1S/C14H20ClNO2/c1-14(2,3)13(17)18-9-8-16-10-11-6-4-5-7-12(11)15/h4-7,16H,8-10H2,1-3H3. The van der Waals surface area contributed by atoms with Crippen molar-refractivity contribution in [3.63, 3.8) is 0 Å². The molecule has 100 valence electrons. The zero-order valence-electron chi connectivity index (χ0n) is 11.1. The quantitative estimate of drug-likeness (QED) is 0.660. The molecule has 18 heavy (non-hydrogen) atoms. The molecular weight excluding hydrogens is 250 g/mol. The summed E-state index contributed by atoms with van der Waals surface area (Å²) in [5.41, 5.74) is 0.601. The predicted molar refractivity (Wildman–Crippen MR) is 73.6 cm³/mol. The van der Waals surface area contributed by atoms with Gasteiger partial charge in [-0.2, -0.15) is 0 Å². The fraction of sp³-hybridized carbons (Fsp3) is 0.500. The van der Waals surface area contributed by atoms with Crippen LogP contribution in [0.2, 0.25) is 5.02 Å². The Morgan fingerprint density at radius 1 is 1.33 bits per heavy atom. The fourth-order valence-electron chi connectivity index (χ4n) is 1.30. The smallest absolute Gasteiger partial charge is 0.311 e. The van der Waals surface area contributed by atoms with Crippen LogP contribution in [0.5, 0.6) is 0 Å². The van der Waals surface area contributed by atoms with E-state index in [0.717, 1.165) is 10.6 Å². The molecule has 1 N–H and O–H groups in total. The molecule has 0 aromatic heterocycles. The highest BCUT2D eigenvalue weighted by molar-refractivity contribution is 6.31. The first-order valence-corrected chi connectivity index (χ1v) is 6.40. The maximum atomic E-state index is 11.5. The molecule has 1 aromatic rings. The maximum Gasteiger partial charge on any atom is 0.311 e. The Labute approximate surface area is 113 Å². The van der Waals surface area contributed by atoms with Crippen molar-refractivity contribution in [1.29, 1.82) is 0 Å². The van der Waals surface area contributed by atoms with E-state index < -0.39 is 5.41 Å². The number of carbonyl (C=O) groups excluding carboxylic acids is 1. The molecule has 0 aliphatic rings. The second-order valence-electron chi connectivity index (χ2n) is 5.15. The van der Waals surface area contributed by atoms with Crippen molar-refractivity contribution in [1.82, 2.24) is 5.32 Å². The van der Waals surface area contributed by atoms with Crippen LogP contribution in [-0.2, 0) is 16.1 Å². The molecule has 3 nitrogen and oxygen atoms in total. The molecule has 0 aliphatic carbocycles. The van der Waals surface area contributed by atoms with Crippen molar-refractivity contribution >= 4 is 17.6 Å². The van der Waals surface area contributed by atoms with Crippen molar-refractivity contribution in [2.75, 3.05) is 13.2 Å². The molecule has 0 heterocycles. The van der Waals surface area contributed by atoms with Gasteiger partial charge in [-0.15, -0.1) is 0 Å².